The number of benzene rings is 1. The van der Waals surface area contributed by atoms with Crippen molar-refractivity contribution in [2.75, 3.05) is 6.54 Å². The molecule has 2 atom stereocenters. The Balaban J connectivity index is 2.09. The summed E-state index contributed by atoms with van der Waals surface area (Å²) in [4.78, 5) is 12.3. The van der Waals surface area contributed by atoms with Crippen LogP contribution in [0.2, 0.25) is 5.02 Å². The summed E-state index contributed by atoms with van der Waals surface area (Å²) in [5, 5.41) is 3.76. The number of amides is 1. The average molecular weight is 281 g/mol. The summed E-state index contributed by atoms with van der Waals surface area (Å²) in [5.41, 5.74) is 7.29. The number of nitrogens with two attached hydrogens (primary N) is 1. The molecule has 3 N–H and O–H groups in total. The number of halogens is 1. The molecule has 1 aliphatic rings. The Bertz CT molecular complexity index is 461. The van der Waals surface area contributed by atoms with Crippen LogP contribution in [0.5, 0.6) is 0 Å². The first-order valence-corrected chi connectivity index (χ1v) is 7.27. The zero-order valence-electron chi connectivity index (χ0n) is 11.3. The van der Waals surface area contributed by atoms with Crippen molar-refractivity contribution in [2.45, 2.75) is 38.6 Å². The van der Waals surface area contributed by atoms with Crippen molar-refractivity contribution in [3.05, 3.63) is 34.3 Å². The van der Waals surface area contributed by atoms with Crippen molar-refractivity contribution in [2.24, 2.45) is 11.7 Å². The number of hydrogen-bond donors (Lipinski definition) is 2. The first kappa shape index (κ1) is 14.4. The summed E-state index contributed by atoms with van der Waals surface area (Å²) in [5.74, 6) is 0.363. The molecule has 0 heterocycles. The van der Waals surface area contributed by atoms with E-state index in [1.807, 2.05) is 19.1 Å². The van der Waals surface area contributed by atoms with Crippen molar-refractivity contribution >= 4 is 17.5 Å². The highest BCUT2D eigenvalue weighted by molar-refractivity contribution is 6.31. The molecule has 3 nitrogen and oxygen atoms in total. The van der Waals surface area contributed by atoms with Gasteiger partial charge in [-0.1, -0.05) is 30.5 Å². The summed E-state index contributed by atoms with van der Waals surface area (Å²) in [6.45, 7) is 2.51. The maximum atomic E-state index is 12.3. The Morgan fingerprint density at radius 1 is 1.42 bits per heavy atom. The molecule has 0 saturated heterocycles. The van der Waals surface area contributed by atoms with E-state index in [0.29, 0.717) is 23.0 Å². The van der Waals surface area contributed by atoms with Gasteiger partial charge in [0, 0.05) is 16.6 Å². The van der Waals surface area contributed by atoms with Gasteiger partial charge in [0.05, 0.1) is 0 Å². The third-order valence-electron chi connectivity index (χ3n) is 4.04. The summed E-state index contributed by atoms with van der Waals surface area (Å²) < 4.78 is 0. The Morgan fingerprint density at radius 3 is 2.89 bits per heavy atom. The van der Waals surface area contributed by atoms with Crippen LogP contribution < -0.4 is 11.1 Å². The minimum absolute atomic E-state index is 0.0367. The monoisotopic (exact) mass is 280 g/mol. The lowest BCUT2D eigenvalue weighted by molar-refractivity contribution is 0.0907. The molecule has 1 aromatic rings. The number of carbonyl (C=O) groups excluding carboxylic acids is 1. The molecule has 0 radical (unpaired) electrons. The van der Waals surface area contributed by atoms with Crippen LogP contribution in [0.4, 0.5) is 0 Å². The van der Waals surface area contributed by atoms with Crippen LogP contribution in [-0.2, 0) is 0 Å². The van der Waals surface area contributed by atoms with Gasteiger partial charge >= 0.3 is 0 Å². The highest BCUT2D eigenvalue weighted by Gasteiger charge is 2.26. The Morgan fingerprint density at radius 2 is 2.16 bits per heavy atom. The van der Waals surface area contributed by atoms with Gasteiger partial charge in [0.25, 0.3) is 5.91 Å². The lowest BCUT2D eigenvalue weighted by Crippen LogP contribution is -2.44. The lowest BCUT2D eigenvalue weighted by Gasteiger charge is -2.31. The van der Waals surface area contributed by atoms with Gasteiger partial charge in [-0.25, -0.2) is 0 Å². The van der Waals surface area contributed by atoms with Gasteiger partial charge in [-0.2, -0.15) is 0 Å². The molecular formula is C15H21ClN2O. The summed E-state index contributed by atoms with van der Waals surface area (Å²) in [6, 6.07) is 5.63. The van der Waals surface area contributed by atoms with E-state index < -0.39 is 0 Å². The quantitative estimate of drug-likeness (QED) is 0.894. The van der Waals surface area contributed by atoms with Crippen LogP contribution in [0.3, 0.4) is 0 Å². The van der Waals surface area contributed by atoms with Crippen LogP contribution in [0.25, 0.3) is 0 Å². The highest BCUT2D eigenvalue weighted by Crippen LogP contribution is 2.24. The van der Waals surface area contributed by atoms with Gasteiger partial charge in [-0.15, -0.1) is 0 Å². The molecule has 1 fully saturated rings. The van der Waals surface area contributed by atoms with Crippen molar-refractivity contribution in [3.63, 3.8) is 0 Å². The zero-order chi connectivity index (χ0) is 13.8. The van der Waals surface area contributed by atoms with E-state index in [0.717, 1.165) is 24.8 Å². The van der Waals surface area contributed by atoms with E-state index >= 15 is 0 Å². The van der Waals surface area contributed by atoms with E-state index in [2.05, 4.69) is 5.32 Å². The second kappa shape index (κ2) is 6.40. The Labute approximate surface area is 119 Å². The predicted molar refractivity (Wildman–Crippen MR) is 78.5 cm³/mol. The minimum atomic E-state index is -0.0367. The largest absolute Gasteiger partial charge is 0.349 e. The summed E-state index contributed by atoms with van der Waals surface area (Å²) >= 11 is 6.06. The molecule has 0 aliphatic heterocycles. The van der Waals surface area contributed by atoms with E-state index in [1.54, 1.807) is 6.07 Å². The molecular weight excluding hydrogens is 260 g/mol. The van der Waals surface area contributed by atoms with Crippen molar-refractivity contribution in [3.8, 4) is 0 Å². The molecule has 1 aromatic carbocycles. The molecule has 1 aliphatic carbocycles. The fourth-order valence-corrected chi connectivity index (χ4v) is 2.95. The molecule has 0 bridgehead atoms. The van der Waals surface area contributed by atoms with E-state index in [1.165, 1.54) is 6.42 Å². The maximum absolute atomic E-state index is 12.3. The maximum Gasteiger partial charge on any atom is 0.251 e. The molecule has 0 spiro atoms. The second-order valence-corrected chi connectivity index (χ2v) is 5.68. The second-order valence-electron chi connectivity index (χ2n) is 5.27. The van der Waals surface area contributed by atoms with Gasteiger partial charge in [0.15, 0.2) is 0 Å². The summed E-state index contributed by atoms with van der Waals surface area (Å²) in [6.07, 6.45) is 4.50. The third kappa shape index (κ3) is 3.28. The van der Waals surface area contributed by atoms with Gasteiger partial charge in [-0.05, 0) is 49.9 Å². The first-order valence-electron chi connectivity index (χ1n) is 6.89. The summed E-state index contributed by atoms with van der Waals surface area (Å²) in [7, 11) is 0. The van der Waals surface area contributed by atoms with E-state index in [4.69, 9.17) is 17.3 Å². The normalized spacial score (nSPS) is 23.1. The van der Waals surface area contributed by atoms with Crippen LogP contribution >= 0.6 is 11.6 Å². The van der Waals surface area contributed by atoms with E-state index in [-0.39, 0.29) is 11.9 Å². The number of rotatable bonds is 3. The van der Waals surface area contributed by atoms with Crippen molar-refractivity contribution < 1.29 is 4.79 Å². The Hall–Kier alpha value is -1.06. The standard InChI is InChI=1S/C15H21ClN2O/c1-10-12(6-4-7-13(10)16)15(19)18-14-8-3-2-5-11(14)9-17/h4,6-7,11,14H,2-3,5,8-9,17H2,1H3,(H,18,19). The molecule has 4 heteroatoms. The number of hydrogen-bond acceptors (Lipinski definition) is 2. The SMILES string of the molecule is Cc1c(Cl)cccc1C(=O)NC1CCCCC1CN. The van der Waals surface area contributed by atoms with Crippen LogP contribution in [-0.4, -0.2) is 18.5 Å². The first-order chi connectivity index (χ1) is 9.13. The number of nitrogens with one attached hydrogen (secondary N) is 1. The molecule has 0 aromatic heterocycles. The Kier molecular flexibility index (Phi) is 4.83. The van der Waals surface area contributed by atoms with Crippen molar-refractivity contribution in [1.82, 2.24) is 5.32 Å². The van der Waals surface area contributed by atoms with Gasteiger partial charge in [0.2, 0.25) is 0 Å². The molecule has 104 valence electrons. The van der Waals surface area contributed by atoms with Gasteiger partial charge < -0.3 is 11.1 Å². The fourth-order valence-electron chi connectivity index (χ4n) is 2.78. The topological polar surface area (TPSA) is 55.1 Å². The van der Waals surface area contributed by atoms with Crippen molar-refractivity contribution in [1.29, 1.82) is 0 Å². The molecule has 1 saturated carbocycles. The minimum Gasteiger partial charge on any atom is -0.349 e. The highest BCUT2D eigenvalue weighted by atomic mass is 35.5. The van der Waals surface area contributed by atoms with Gasteiger partial charge in [-0.3, -0.25) is 4.79 Å². The average Bonchev–Trinajstić information content (AvgIpc) is 2.42. The zero-order valence-corrected chi connectivity index (χ0v) is 12.0. The fraction of sp³-hybridized carbons (Fsp3) is 0.533. The molecule has 2 unspecified atom stereocenters. The van der Waals surface area contributed by atoms with Crippen LogP contribution in [0, 0.1) is 12.8 Å². The predicted octanol–water partition coefficient (Wildman–Crippen LogP) is 2.90. The smallest absolute Gasteiger partial charge is 0.251 e. The van der Waals surface area contributed by atoms with E-state index in [9.17, 15) is 4.79 Å². The molecule has 19 heavy (non-hydrogen) atoms. The lowest BCUT2D eigenvalue weighted by atomic mass is 9.84. The van der Waals surface area contributed by atoms with Crippen LogP contribution in [0.1, 0.15) is 41.6 Å². The molecule has 1 amide bonds. The van der Waals surface area contributed by atoms with Crippen LogP contribution in [0.15, 0.2) is 18.2 Å². The third-order valence-corrected chi connectivity index (χ3v) is 4.45. The number of carbonyl (C=O) groups is 1. The molecule has 2 rings (SSSR count). The van der Waals surface area contributed by atoms with Gasteiger partial charge in [0.1, 0.15) is 0 Å².